The second-order valence-electron chi connectivity index (χ2n) is 8.44. The number of thioether (sulfide) groups is 2. The molecule has 0 radical (unpaired) electrons. The van der Waals surface area contributed by atoms with Gasteiger partial charge in [-0.2, -0.15) is 0 Å². The van der Waals surface area contributed by atoms with Crippen LogP contribution in [-0.2, 0) is 35.2 Å². The van der Waals surface area contributed by atoms with Crippen LogP contribution in [-0.4, -0.2) is 39.5 Å². The number of aryl methyl sites for hydroxylation is 1. The van der Waals surface area contributed by atoms with Crippen molar-refractivity contribution in [2.45, 2.75) is 48.9 Å². The molecule has 0 saturated carbocycles. The first-order valence-electron chi connectivity index (χ1n) is 11.1. The van der Waals surface area contributed by atoms with Crippen LogP contribution in [0.15, 0.2) is 34.3 Å². The number of hydrogen-bond acceptors (Lipinski definition) is 8. The fourth-order valence-electron chi connectivity index (χ4n) is 3.83. The lowest BCUT2D eigenvalue weighted by molar-refractivity contribution is -0.113. The SMILES string of the molecule is COC(=O)c1c(NC(=O)CSc2nnc(CSc3ccc(C)cc3)n2C)sc2c1CCC(C)C2. The van der Waals surface area contributed by atoms with Crippen molar-refractivity contribution in [2.75, 3.05) is 18.2 Å². The largest absolute Gasteiger partial charge is 0.465 e. The molecule has 2 aromatic heterocycles. The average molecular weight is 517 g/mol. The van der Waals surface area contributed by atoms with Crippen molar-refractivity contribution < 1.29 is 14.3 Å². The number of aromatic nitrogens is 3. The summed E-state index contributed by atoms with van der Waals surface area (Å²) in [6, 6.07) is 8.38. The van der Waals surface area contributed by atoms with E-state index in [1.54, 1.807) is 11.8 Å². The first kappa shape index (κ1) is 24.8. The molecule has 0 bridgehead atoms. The van der Waals surface area contributed by atoms with Crippen LogP contribution in [0.2, 0.25) is 0 Å². The molecule has 10 heteroatoms. The van der Waals surface area contributed by atoms with Crippen molar-refractivity contribution in [1.29, 1.82) is 0 Å². The maximum Gasteiger partial charge on any atom is 0.341 e. The van der Waals surface area contributed by atoms with E-state index in [2.05, 4.69) is 53.6 Å². The lowest BCUT2D eigenvalue weighted by Crippen LogP contribution is -2.17. The smallest absolute Gasteiger partial charge is 0.341 e. The molecule has 2 heterocycles. The minimum atomic E-state index is -0.390. The van der Waals surface area contributed by atoms with E-state index in [-0.39, 0.29) is 17.6 Å². The molecule has 7 nitrogen and oxygen atoms in total. The van der Waals surface area contributed by atoms with Crippen LogP contribution in [0.3, 0.4) is 0 Å². The predicted octanol–water partition coefficient (Wildman–Crippen LogP) is 5.12. The van der Waals surface area contributed by atoms with Crippen LogP contribution in [0, 0.1) is 12.8 Å². The first-order chi connectivity index (χ1) is 16.4. The van der Waals surface area contributed by atoms with Gasteiger partial charge in [0.15, 0.2) is 5.16 Å². The van der Waals surface area contributed by atoms with Crippen LogP contribution >= 0.6 is 34.9 Å². The number of rotatable bonds is 8. The standard InChI is InChI=1S/C24H28N4O3S3/c1-14-5-8-16(9-6-14)32-12-19-26-27-24(28(19)3)33-13-20(29)25-22-21(23(30)31-4)17-10-7-15(2)11-18(17)34-22/h5-6,8-9,15H,7,10-13H2,1-4H3,(H,25,29). The summed E-state index contributed by atoms with van der Waals surface area (Å²) in [5, 5.41) is 12.8. The summed E-state index contributed by atoms with van der Waals surface area (Å²) in [7, 11) is 3.29. The van der Waals surface area contributed by atoms with Gasteiger partial charge in [0, 0.05) is 16.8 Å². The molecule has 1 aliphatic carbocycles. The second-order valence-corrected chi connectivity index (χ2v) is 11.5. The van der Waals surface area contributed by atoms with Gasteiger partial charge in [-0.15, -0.1) is 33.3 Å². The third kappa shape index (κ3) is 5.67. The summed E-state index contributed by atoms with van der Waals surface area (Å²) in [5.74, 6) is 1.73. The second kappa shape index (κ2) is 11.0. The molecule has 0 fully saturated rings. The summed E-state index contributed by atoms with van der Waals surface area (Å²) in [4.78, 5) is 27.5. The minimum Gasteiger partial charge on any atom is -0.465 e. The molecule has 3 aromatic rings. The summed E-state index contributed by atoms with van der Waals surface area (Å²) in [6.45, 7) is 4.28. The summed E-state index contributed by atoms with van der Waals surface area (Å²) < 4.78 is 6.93. The third-order valence-electron chi connectivity index (χ3n) is 5.80. The third-order valence-corrected chi connectivity index (χ3v) is 9.00. The van der Waals surface area contributed by atoms with Gasteiger partial charge in [-0.1, -0.05) is 36.4 Å². The van der Waals surface area contributed by atoms with Crippen molar-refractivity contribution in [1.82, 2.24) is 14.8 Å². The van der Waals surface area contributed by atoms with Gasteiger partial charge in [-0.3, -0.25) is 4.79 Å². The number of amides is 1. The van der Waals surface area contributed by atoms with Crippen LogP contribution < -0.4 is 5.32 Å². The quantitative estimate of drug-likeness (QED) is 0.328. The molecular weight excluding hydrogens is 488 g/mol. The van der Waals surface area contributed by atoms with Gasteiger partial charge in [-0.25, -0.2) is 4.79 Å². The van der Waals surface area contributed by atoms with Crippen molar-refractivity contribution in [2.24, 2.45) is 13.0 Å². The Balaban J connectivity index is 1.37. The number of esters is 1. The predicted molar refractivity (Wildman–Crippen MR) is 138 cm³/mol. The number of thiophene rings is 1. The molecule has 1 unspecified atom stereocenters. The fourth-order valence-corrected chi connectivity index (χ4v) is 6.85. The molecule has 0 aliphatic heterocycles. The molecule has 1 aliphatic rings. The van der Waals surface area contributed by atoms with Crippen LogP contribution in [0.1, 0.15) is 45.5 Å². The number of benzene rings is 1. The molecule has 1 aromatic carbocycles. The topological polar surface area (TPSA) is 86.1 Å². The number of methoxy groups -OCH3 is 1. The van der Waals surface area contributed by atoms with Crippen molar-refractivity contribution in [3.8, 4) is 0 Å². The Morgan fingerprint density at radius 1 is 1.24 bits per heavy atom. The van der Waals surface area contributed by atoms with Crippen molar-refractivity contribution in [3.63, 3.8) is 0 Å². The molecule has 1 N–H and O–H groups in total. The number of nitrogens with one attached hydrogen (secondary N) is 1. The van der Waals surface area contributed by atoms with E-state index in [0.29, 0.717) is 27.4 Å². The van der Waals surface area contributed by atoms with E-state index in [1.165, 1.54) is 45.5 Å². The first-order valence-corrected chi connectivity index (χ1v) is 13.9. The van der Waals surface area contributed by atoms with E-state index < -0.39 is 0 Å². The van der Waals surface area contributed by atoms with Crippen molar-refractivity contribution in [3.05, 3.63) is 51.7 Å². The Morgan fingerprint density at radius 3 is 2.74 bits per heavy atom. The number of carbonyl (C=O) groups is 2. The molecule has 1 amide bonds. The molecule has 4 rings (SSSR count). The zero-order valence-electron chi connectivity index (χ0n) is 19.7. The van der Waals surface area contributed by atoms with Gasteiger partial charge < -0.3 is 14.6 Å². The Bertz CT molecular complexity index is 1190. The summed E-state index contributed by atoms with van der Waals surface area (Å²) >= 11 is 4.53. The zero-order valence-corrected chi connectivity index (χ0v) is 22.2. The number of ether oxygens (including phenoxy) is 1. The van der Waals surface area contributed by atoms with Gasteiger partial charge in [0.1, 0.15) is 10.8 Å². The van der Waals surface area contributed by atoms with E-state index in [9.17, 15) is 9.59 Å². The highest BCUT2D eigenvalue weighted by atomic mass is 32.2. The number of anilines is 1. The zero-order chi connectivity index (χ0) is 24.2. The minimum absolute atomic E-state index is 0.177. The Hall–Kier alpha value is -2.30. The van der Waals surface area contributed by atoms with Gasteiger partial charge in [0.2, 0.25) is 5.91 Å². The highest BCUT2D eigenvalue weighted by molar-refractivity contribution is 7.99. The normalized spacial score (nSPS) is 15.1. The Labute approximate surface area is 212 Å². The Kier molecular flexibility index (Phi) is 8.00. The number of hydrogen-bond donors (Lipinski definition) is 1. The maximum atomic E-state index is 12.7. The fraction of sp³-hybridized carbons (Fsp3) is 0.417. The molecule has 0 saturated heterocycles. The van der Waals surface area contributed by atoms with E-state index >= 15 is 0 Å². The van der Waals surface area contributed by atoms with Gasteiger partial charge >= 0.3 is 5.97 Å². The molecule has 0 spiro atoms. The van der Waals surface area contributed by atoms with Crippen LogP contribution in [0.5, 0.6) is 0 Å². The van der Waals surface area contributed by atoms with E-state index in [4.69, 9.17) is 4.74 Å². The number of fused-ring (bicyclic) bond motifs is 1. The lowest BCUT2D eigenvalue weighted by Gasteiger charge is -2.18. The van der Waals surface area contributed by atoms with Gasteiger partial charge in [0.25, 0.3) is 0 Å². The summed E-state index contributed by atoms with van der Waals surface area (Å²) in [6.07, 6.45) is 2.80. The van der Waals surface area contributed by atoms with Crippen LogP contribution in [0.4, 0.5) is 5.00 Å². The van der Waals surface area contributed by atoms with Crippen molar-refractivity contribution >= 4 is 51.7 Å². The lowest BCUT2D eigenvalue weighted by atomic mass is 9.88. The van der Waals surface area contributed by atoms with Crippen LogP contribution in [0.25, 0.3) is 0 Å². The molecule has 180 valence electrons. The van der Waals surface area contributed by atoms with Gasteiger partial charge in [-0.05, 0) is 49.8 Å². The Morgan fingerprint density at radius 2 is 2.00 bits per heavy atom. The molecule has 1 atom stereocenters. The monoisotopic (exact) mass is 516 g/mol. The maximum absolute atomic E-state index is 12.7. The molecule has 34 heavy (non-hydrogen) atoms. The molecular formula is C24H28N4O3S3. The average Bonchev–Trinajstić information content (AvgIpc) is 3.35. The number of carbonyl (C=O) groups excluding carboxylic acids is 2. The van der Waals surface area contributed by atoms with Gasteiger partial charge in [0.05, 0.1) is 24.2 Å². The highest BCUT2D eigenvalue weighted by Gasteiger charge is 2.29. The number of nitrogens with zero attached hydrogens (tertiary/aromatic N) is 3. The van der Waals surface area contributed by atoms with E-state index in [1.807, 2.05) is 11.6 Å². The summed E-state index contributed by atoms with van der Waals surface area (Å²) in [5.41, 5.74) is 2.78. The highest BCUT2D eigenvalue weighted by Crippen LogP contribution is 2.40. The van der Waals surface area contributed by atoms with E-state index in [0.717, 1.165) is 30.7 Å².